The minimum Gasteiger partial charge on any atom is -0.272 e. The second-order valence-corrected chi connectivity index (χ2v) is 6.86. The zero-order valence-corrected chi connectivity index (χ0v) is 13.8. The van der Waals surface area contributed by atoms with Crippen LogP contribution >= 0.6 is 0 Å². The fourth-order valence-electron chi connectivity index (χ4n) is 3.37. The van der Waals surface area contributed by atoms with E-state index in [0.717, 1.165) is 5.69 Å². The van der Waals surface area contributed by atoms with Gasteiger partial charge in [-0.05, 0) is 30.9 Å². The smallest absolute Gasteiger partial charge is 0.247 e. The molecule has 0 aromatic heterocycles. The first kappa shape index (κ1) is 16.0. The molecule has 1 saturated carbocycles. The van der Waals surface area contributed by atoms with E-state index in [9.17, 15) is 4.79 Å². The van der Waals surface area contributed by atoms with E-state index in [1.165, 1.54) is 32.1 Å². The number of nitrogens with zero attached hydrogens (tertiary/aromatic N) is 2. The molecular weight excluding hydrogens is 260 g/mol. The molecular formula is C18H28N2O. The van der Waals surface area contributed by atoms with E-state index in [1.807, 2.05) is 54.4 Å². The molecule has 0 atom stereocenters. The lowest BCUT2D eigenvalue weighted by molar-refractivity contribution is -0.132. The predicted octanol–water partition coefficient (Wildman–Crippen LogP) is 4.10. The molecule has 1 aromatic rings. The van der Waals surface area contributed by atoms with Crippen molar-refractivity contribution in [1.82, 2.24) is 5.01 Å². The summed E-state index contributed by atoms with van der Waals surface area (Å²) in [7, 11) is 3.86. The number of hydrazine groups is 1. The molecule has 0 aliphatic heterocycles. The highest BCUT2D eigenvalue weighted by atomic mass is 16.2. The lowest BCUT2D eigenvalue weighted by atomic mass is 9.70. The summed E-state index contributed by atoms with van der Waals surface area (Å²) < 4.78 is 0. The van der Waals surface area contributed by atoms with Crippen LogP contribution in [-0.2, 0) is 4.79 Å². The Morgan fingerprint density at radius 1 is 1.05 bits per heavy atom. The summed E-state index contributed by atoms with van der Waals surface area (Å²) in [6, 6.07) is 9.93. The number of hydrogen-bond acceptors (Lipinski definition) is 2. The summed E-state index contributed by atoms with van der Waals surface area (Å²) in [5.74, 6) is 0.690. The van der Waals surface area contributed by atoms with Gasteiger partial charge in [-0.15, -0.1) is 0 Å². The first-order chi connectivity index (χ1) is 9.94. The lowest BCUT2D eigenvalue weighted by Gasteiger charge is -2.41. The van der Waals surface area contributed by atoms with Crippen molar-refractivity contribution in [3.63, 3.8) is 0 Å². The fraction of sp³-hybridized carbons (Fsp3) is 0.611. The highest BCUT2D eigenvalue weighted by molar-refractivity contribution is 5.96. The molecule has 0 heterocycles. The number of carbonyl (C=O) groups excluding carboxylic acids is 1. The summed E-state index contributed by atoms with van der Waals surface area (Å²) in [6.45, 7) is 4.23. The second kappa shape index (κ2) is 6.61. The van der Waals surface area contributed by atoms with E-state index < -0.39 is 0 Å². The van der Waals surface area contributed by atoms with Gasteiger partial charge >= 0.3 is 0 Å². The van der Waals surface area contributed by atoms with Gasteiger partial charge in [-0.25, -0.2) is 10.0 Å². The average Bonchev–Trinajstić information content (AvgIpc) is 2.49. The van der Waals surface area contributed by atoms with Gasteiger partial charge in [-0.2, -0.15) is 0 Å². The minimum absolute atomic E-state index is 0.200. The number of anilines is 1. The molecule has 1 amide bonds. The average molecular weight is 288 g/mol. The predicted molar refractivity (Wildman–Crippen MR) is 88.0 cm³/mol. The van der Waals surface area contributed by atoms with Crippen LogP contribution in [0.3, 0.4) is 0 Å². The topological polar surface area (TPSA) is 23.6 Å². The van der Waals surface area contributed by atoms with Crippen molar-refractivity contribution in [1.29, 1.82) is 0 Å². The van der Waals surface area contributed by atoms with Crippen molar-refractivity contribution in [3.8, 4) is 0 Å². The Bertz CT molecular complexity index is 461. The van der Waals surface area contributed by atoms with Crippen LogP contribution in [0.25, 0.3) is 0 Å². The van der Waals surface area contributed by atoms with Crippen molar-refractivity contribution in [3.05, 3.63) is 30.3 Å². The van der Waals surface area contributed by atoms with Crippen molar-refractivity contribution in [2.45, 2.75) is 46.0 Å². The van der Waals surface area contributed by atoms with Crippen molar-refractivity contribution >= 4 is 11.6 Å². The Balaban J connectivity index is 2.25. The quantitative estimate of drug-likeness (QED) is 0.779. The summed E-state index contributed by atoms with van der Waals surface area (Å²) in [5.41, 5.74) is 0.622. The van der Waals surface area contributed by atoms with E-state index >= 15 is 0 Å². The number of hydrogen-bond donors (Lipinski definition) is 0. The molecule has 1 fully saturated rings. The van der Waals surface area contributed by atoms with Crippen molar-refractivity contribution < 1.29 is 4.79 Å². The molecule has 1 aromatic carbocycles. The second-order valence-electron chi connectivity index (χ2n) is 6.86. The standard InChI is InChI=1S/C18H28N2O/c1-18(2,15-11-7-5-8-12-15)17(21)20(19(3)4)16-13-9-6-10-14-16/h6,9-10,13-15H,5,7-8,11-12H2,1-4H3. The molecule has 0 N–H and O–H groups in total. The molecule has 116 valence electrons. The summed E-state index contributed by atoms with van der Waals surface area (Å²) in [6.07, 6.45) is 6.18. The largest absolute Gasteiger partial charge is 0.272 e. The first-order valence-electron chi connectivity index (χ1n) is 8.01. The summed E-state index contributed by atoms with van der Waals surface area (Å²) >= 11 is 0. The maximum absolute atomic E-state index is 13.2. The van der Waals surface area contributed by atoms with E-state index in [0.29, 0.717) is 5.92 Å². The number of amides is 1. The fourth-order valence-corrected chi connectivity index (χ4v) is 3.37. The van der Waals surface area contributed by atoms with Crippen LogP contribution in [0.4, 0.5) is 5.69 Å². The van der Waals surface area contributed by atoms with E-state index in [-0.39, 0.29) is 11.3 Å². The van der Waals surface area contributed by atoms with Gasteiger partial charge in [0, 0.05) is 19.5 Å². The summed E-state index contributed by atoms with van der Waals surface area (Å²) in [5, 5.41) is 3.71. The van der Waals surface area contributed by atoms with Gasteiger partial charge in [-0.3, -0.25) is 4.79 Å². The SMILES string of the molecule is CN(C)N(C(=O)C(C)(C)C1CCCCC1)c1ccccc1. The molecule has 3 heteroatoms. The molecule has 1 aliphatic carbocycles. The normalized spacial score (nSPS) is 17.0. The molecule has 0 bridgehead atoms. The van der Waals surface area contributed by atoms with Gasteiger partial charge in [0.2, 0.25) is 5.91 Å². The Hall–Kier alpha value is -1.35. The maximum Gasteiger partial charge on any atom is 0.247 e. The van der Waals surface area contributed by atoms with Crippen LogP contribution in [0.15, 0.2) is 30.3 Å². The van der Waals surface area contributed by atoms with Gasteiger partial charge < -0.3 is 0 Å². The van der Waals surface area contributed by atoms with Gasteiger partial charge in [0.15, 0.2) is 0 Å². The van der Waals surface area contributed by atoms with Crippen LogP contribution in [0, 0.1) is 11.3 Å². The highest BCUT2D eigenvalue weighted by Gasteiger charge is 2.40. The monoisotopic (exact) mass is 288 g/mol. The third-order valence-corrected chi connectivity index (χ3v) is 4.77. The number of rotatable bonds is 4. The third-order valence-electron chi connectivity index (χ3n) is 4.77. The lowest BCUT2D eigenvalue weighted by Crippen LogP contribution is -2.51. The zero-order chi connectivity index (χ0) is 15.5. The molecule has 3 nitrogen and oxygen atoms in total. The van der Waals surface area contributed by atoms with Gasteiger partial charge in [0.1, 0.15) is 0 Å². The molecule has 0 spiro atoms. The first-order valence-corrected chi connectivity index (χ1v) is 8.01. The Morgan fingerprint density at radius 3 is 2.14 bits per heavy atom. The molecule has 1 aliphatic rings. The van der Waals surface area contributed by atoms with E-state index in [1.54, 1.807) is 0 Å². The van der Waals surface area contributed by atoms with Crippen LogP contribution in [-0.4, -0.2) is 25.0 Å². The number of para-hydroxylation sites is 1. The van der Waals surface area contributed by atoms with Crippen LogP contribution < -0.4 is 5.01 Å². The number of benzene rings is 1. The van der Waals surface area contributed by atoms with Crippen molar-refractivity contribution in [2.24, 2.45) is 11.3 Å². The van der Waals surface area contributed by atoms with E-state index in [2.05, 4.69) is 13.8 Å². The Morgan fingerprint density at radius 2 is 1.62 bits per heavy atom. The van der Waals surface area contributed by atoms with Crippen LogP contribution in [0.1, 0.15) is 46.0 Å². The maximum atomic E-state index is 13.2. The van der Waals surface area contributed by atoms with Gasteiger partial charge in [-0.1, -0.05) is 51.3 Å². The third kappa shape index (κ3) is 3.46. The highest BCUT2D eigenvalue weighted by Crippen LogP contribution is 2.40. The number of carbonyl (C=O) groups is 1. The molecule has 2 rings (SSSR count). The molecule has 0 saturated heterocycles. The zero-order valence-electron chi connectivity index (χ0n) is 13.8. The Kier molecular flexibility index (Phi) is 5.04. The van der Waals surface area contributed by atoms with Crippen molar-refractivity contribution in [2.75, 3.05) is 19.1 Å². The Labute approximate surface area is 128 Å². The van der Waals surface area contributed by atoms with Gasteiger partial charge in [0.25, 0.3) is 0 Å². The van der Waals surface area contributed by atoms with E-state index in [4.69, 9.17) is 0 Å². The van der Waals surface area contributed by atoms with Gasteiger partial charge in [0.05, 0.1) is 5.69 Å². The van der Waals surface area contributed by atoms with Crippen LogP contribution in [0.2, 0.25) is 0 Å². The minimum atomic E-state index is -0.319. The summed E-state index contributed by atoms with van der Waals surface area (Å²) in [4.78, 5) is 13.2. The molecule has 21 heavy (non-hydrogen) atoms. The molecule has 0 radical (unpaired) electrons. The molecule has 0 unspecified atom stereocenters. The van der Waals surface area contributed by atoms with Crippen LogP contribution in [0.5, 0.6) is 0 Å².